The highest BCUT2D eigenvalue weighted by Crippen LogP contribution is 2.28. The van der Waals surface area contributed by atoms with Gasteiger partial charge in [0.15, 0.2) is 0 Å². The van der Waals surface area contributed by atoms with E-state index in [0.29, 0.717) is 12.0 Å². The smallest absolute Gasteiger partial charge is 0.263 e. The normalized spacial score (nSPS) is 13.0. The average molecular weight is 305 g/mol. The summed E-state index contributed by atoms with van der Waals surface area (Å²) in [5.41, 5.74) is 1.31. The van der Waals surface area contributed by atoms with Crippen LogP contribution in [0.2, 0.25) is 0 Å². The molecule has 108 valence electrons. The summed E-state index contributed by atoms with van der Waals surface area (Å²) in [5.74, 6) is 0. The number of para-hydroxylation sites is 1. The van der Waals surface area contributed by atoms with Crippen molar-refractivity contribution in [3.63, 3.8) is 0 Å². The molecule has 1 atom stereocenters. The monoisotopic (exact) mass is 305 g/mol. The third kappa shape index (κ3) is 3.09. The first-order valence-electron chi connectivity index (χ1n) is 6.54. The van der Waals surface area contributed by atoms with Crippen molar-refractivity contribution in [1.29, 1.82) is 0 Å². The topological polar surface area (TPSA) is 33.1 Å². The van der Waals surface area contributed by atoms with E-state index in [0.717, 1.165) is 15.2 Å². The lowest BCUT2D eigenvalue weighted by Crippen LogP contribution is -2.02. The first kappa shape index (κ1) is 14.1. The molecule has 2 aromatic carbocycles. The van der Waals surface area contributed by atoms with Gasteiger partial charge in [-0.05, 0) is 23.8 Å². The molecule has 1 unspecified atom stereocenters. The van der Waals surface area contributed by atoms with E-state index in [2.05, 4.69) is 4.98 Å². The van der Waals surface area contributed by atoms with Gasteiger partial charge >= 0.3 is 0 Å². The fourth-order valence-electron chi connectivity index (χ4n) is 2.19. The second-order valence-corrected chi connectivity index (χ2v) is 5.88. The van der Waals surface area contributed by atoms with E-state index in [1.807, 2.05) is 24.3 Å². The van der Waals surface area contributed by atoms with E-state index < -0.39 is 12.5 Å². The molecule has 0 radical (unpaired) electrons. The van der Waals surface area contributed by atoms with E-state index in [-0.39, 0.29) is 5.56 Å². The Morgan fingerprint density at radius 3 is 2.57 bits per heavy atom. The fourth-order valence-corrected chi connectivity index (χ4v) is 3.20. The SMILES string of the molecule is OC(Cc1nc2ccccc2s1)c1cccc(C(F)F)c1. The first-order chi connectivity index (χ1) is 10.1. The minimum atomic E-state index is -2.53. The Morgan fingerprint density at radius 1 is 1.05 bits per heavy atom. The Morgan fingerprint density at radius 2 is 1.81 bits per heavy atom. The van der Waals surface area contributed by atoms with Crippen LogP contribution in [0.15, 0.2) is 48.5 Å². The van der Waals surface area contributed by atoms with Crippen LogP contribution in [-0.4, -0.2) is 10.1 Å². The van der Waals surface area contributed by atoms with Crippen molar-refractivity contribution in [2.75, 3.05) is 0 Å². The summed E-state index contributed by atoms with van der Waals surface area (Å²) in [7, 11) is 0. The summed E-state index contributed by atoms with van der Waals surface area (Å²) in [5, 5.41) is 11.0. The predicted molar refractivity (Wildman–Crippen MR) is 79.7 cm³/mol. The number of halogens is 2. The van der Waals surface area contributed by atoms with Crippen LogP contribution in [-0.2, 0) is 6.42 Å². The average Bonchev–Trinajstić information content (AvgIpc) is 2.89. The van der Waals surface area contributed by atoms with Gasteiger partial charge in [0.2, 0.25) is 0 Å². The van der Waals surface area contributed by atoms with Gasteiger partial charge in [-0.25, -0.2) is 13.8 Å². The van der Waals surface area contributed by atoms with Crippen LogP contribution in [0.5, 0.6) is 0 Å². The Kier molecular flexibility index (Phi) is 3.94. The molecule has 0 aliphatic carbocycles. The van der Waals surface area contributed by atoms with Gasteiger partial charge < -0.3 is 5.11 Å². The maximum absolute atomic E-state index is 12.7. The van der Waals surface area contributed by atoms with Crippen molar-refractivity contribution in [1.82, 2.24) is 4.98 Å². The molecule has 0 aliphatic heterocycles. The zero-order valence-corrected chi connectivity index (χ0v) is 11.9. The predicted octanol–water partition coefficient (Wildman–Crippen LogP) is 4.51. The molecule has 0 saturated carbocycles. The number of aliphatic hydroxyl groups excluding tert-OH is 1. The van der Waals surface area contributed by atoms with E-state index in [1.165, 1.54) is 23.5 Å². The quantitative estimate of drug-likeness (QED) is 0.769. The third-order valence-electron chi connectivity index (χ3n) is 3.25. The van der Waals surface area contributed by atoms with Crippen LogP contribution >= 0.6 is 11.3 Å². The molecule has 1 N–H and O–H groups in total. The molecule has 0 aliphatic rings. The van der Waals surface area contributed by atoms with Crippen LogP contribution in [0.25, 0.3) is 10.2 Å². The summed E-state index contributed by atoms with van der Waals surface area (Å²) < 4.78 is 26.4. The van der Waals surface area contributed by atoms with Crippen molar-refractivity contribution >= 4 is 21.6 Å². The standard InChI is InChI=1S/C16H13F2NOS/c17-16(18)11-5-3-4-10(8-11)13(20)9-15-19-12-6-1-2-7-14(12)21-15/h1-8,13,16,20H,9H2. The number of hydrogen-bond donors (Lipinski definition) is 1. The Bertz CT molecular complexity index is 724. The summed E-state index contributed by atoms with van der Waals surface area (Å²) in [6, 6.07) is 13.6. The minimum Gasteiger partial charge on any atom is -0.388 e. The third-order valence-corrected chi connectivity index (χ3v) is 4.31. The zero-order valence-electron chi connectivity index (χ0n) is 11.0. The number of fused-ring (bicyclic) bond motifs is 1. The number of alkyl halides is 2. The largest absolute Gasteiger partial charge is 0.388 e. The van der Waals surface area contributed by atoms with Crippen molar-refractivity contribution in [3.05, 3.63) is 64.7 Å². The molecule has 1 aromatic heterocycles. The maximum Gasteiger partial charge on any atom is 0.263 e. The second-order valence-electron chi connectivity index (χ2n) is 4.77. The molecule has 0 amide bonds. The molecule has 5 heteroatoms. The van der Waals surface area contributed by atoms with Gasteiger partial charge in [-0.1, -0.05) is 30.3 Å². The lowest BCUT2D eigenvalue weighted by molar-refractivity contribution is 0.149. The summed E-state index contributed by atoms with van der Waals surface area (Å²) in [6.07, 6.45) is -3.03. The molecular weight excluding hydrogens is 292 g/mol. The van der Waals surface area contributed by atoms with Gasteiger partial charge in [0, 0.05) is 12.0 Å². The van der Waals surface area contributed by atoms with E-state index in [9.17, 15) is 13.9 Å². The number of hydrogen-bond acceptors (Lipinski definition) is 3. The zero-order chi connectivity index (χ0) is 14.8. The van der Waals surface area contributed by atoms with Gasteiger partial charge in [-0.2, -0.15) is 0 Å². The highest BCUT2D eigenvalue weighted by Gasteiger charge is 2.14. The van der Waals surface area contributed by atoms with Crippen LogP contribution in [0.4, 0.5) is 8.78 Å². The van der Waals surface area contributed by atoms with Crippen LogP contribution < -0.4 is 0 Å². The highest BCUT2D eigenvalue weighted by molar-refractivity contribution is 7.18. The Balaban J connectivity index is 1.82. The Hall–Kier alpha value is -1.85. The number of aromatic nitrogens is 1. The molecule has 0 spiro atoms. The van der Waals surface area contributed by atoms with Gasteiger partial charge in [0.25, 0.3) is 6.43 Å². The molecular formula is C16H13F2NOS. The number of nitrogens with zero attached hydrogens (tertiary/aromatic N) is 1. The van der Waals surface area contributed by atoms with E-state index in [1.54, 1.807) is 12.1 Å². The fraction of sp³-hybridized carbons (Fsp3) is 0.188. The molecule has 0 bridgehead atoms. The lowest BCUT2D eigenvalue weighted by Gasteiger charge is -2.10. The van der Waals surface area contributed by atoms with E-state index in [4.69, 9.17) is 0 Å². The minimum absolute atomic E-state index is 0.0733. The van der Waals surface area contributed by atoms with Crippen molar-refractivity contribution in [3.8, 4) is 0 Å². The maximum atomic E-state index is 12.7. The number of benzene rings is 2. The molecule has 3 aromatic rings. The molecule has 3 rings (SSSR count). The highest BCUT2D eigenvalue weighted by atomic mass is 32.1. The van der Waals surface area contributed by atoms with Crippen molar-refractivity contribution in [2.45, 2.75) is 19.0 Å². The van der Waals surface area contributed by atoms with Gasteiger partial charge in [-0.3, -0.25) is 0 Å². The molecule has 2 nitrogen and oxygen atoms in total. The molecule has 0 saturated heterocycles. The number of thiazole rings is 1. The molecule has 1 heterocycles. The summed E-state index contributed by atoms with van der Waals surface area (Å²) >= 11 is 1.51. The number of aliphatic hydroxyl groups is 1. The molecule has 0 fully saturated rings. The lowest BCUT2D eigenvalue weighted by atomic mass is 10.0. The van der Waals surface area contributed by atoms with Gasteiger partial charge in [-0.15, -0.1) is 11.3 Å². The second kappa shape index (κ2) is 5.87. The van der Waals surface area contributed by atoms with Gasteiger partial charge in [0.1, 0.15) is 0 Å². The Labute approximate surface area is 124 Å². The van der Waals surface area contributed by atoms with Crippen LogP contribution in [0, 0.1) is 0 Å². The summed E-state index contributed by atoms with van der Waals surface area (Å²) in [4.78, 5) is 4.45. The van der Waals surface area contributed by atoms with Crippen molar-refractivity contribution in [2.24, 2.45) is 0 Å². The van der Waals surface area contributed by atoms with Crippen LogP contribution in [0.1, 0.15) is 28.7 Å². The van der Waals surface area contributed by atoms with Gasteiger partial charge in [0.05, 0.1) is 21.3 Å². The van der Waals surface area contributed by atoms with Crippen molar-refractivity contribution < 1.29 is 13.9 Å². The molecule has 21 heavy (non-hydrogen) atoms. The van der Waals surface area contributed by atoms with E-state index >= 15 is 0 Å². The summed E-state index contributed by atoms with van der Waals surface area (Å²) in [6.45, 7) is 0. The first-order valence-corrected chi connectivity index (χ1v) is 7.35. The number of rotatable bonds is 4. The van der Waals surface area contributed by atoms with Crippen LogP contribution in [0.3, 0.4) is 0 Å².